The van der Waals surface area contributed by atoms with Gasteiger partial charge in [0.15, 0.2) is 0 Å². The van der Waals surface area contributed by atoms with Crippen LogP contribution in [0.5, 0.6) is 0 Å². The molecular weight excluding hydrogens is 795 g/mol. The van der Waals surface area contributed by atoms with Gasteiger partial charge in [-0.1, -0.05) is 47.5 Å². The molecule has 15 heteroatoms. The number of hydrogen-bond donors (Lipinski definition) is 3. The summed E-state index contributed by atoms with van der Waals surface area (Å²) in [5.41, 5.74) is 6.66. The van der Waals surface area contributed by atoms with E-state index in [0.29, 0.717) is 52.0 Å². The van der Waals surface area contributed by atoms with Crippen molar-refractivity contribution in [3.8, 4) is 16.8 Å². The van der Waals surface area contributed by atoms with Gasteiger partial charge in [-0.25, -0.2) is 31.2 Å². The first-order valence-electron chi connectivity index (χ1n) is 17.4. The molecule has 1 unspecified atom stereocenters. The van der Waals surface area contributed by atoms with E-state index in [2.05, 4.69) is 25.8 Å². The van der Waals surface area contributed by atoms with Crippen molar-refractivity contribution >= 4 is 72.0 Å². The van der Waals surface area contributed by atoms with Crippen LogP contribution in [0.15, 0.2) is 147 Å². The first kappa shape index (κ1) is 38.8. The molecular formula is C41H35Cl2FN6O4S2. The minimum atomic E-state index is -3.92. The molecule has 0 amide bonds. The largest absolute Gasteiger partial charge is 0.324 e. The van der Waals surface area contributed by atoms with Gasteiger partial charge in [0.2, 0.25) is 5.96 Å². The molecule has 1 atom stereocenters. The topological polar surface area (TPSA) is 134 Å². The molecule has 56 heavy (non-hydrogen) atoms. The van der Waals surface area contributed by atoms with E-state index in [9.17, 15) is 21.2 Å². The summed E-state index contributed by atoms with van der Waals surface area (Å²) in [5.74, 6) is 0.0898. The maximum Gasteiger partial charge on any atom is 0.263 e. The van der Waals surface area contributed by atoms with Crippen molar-refractivity contribution in [3.05, 3.63) is 155 Å². The van der Waals surface area contributed by atoms with Crippen LogP contribution in [0.25, 0.3) is 16.8 Å². The zero-order chi connectivity index (χ0) is 39.6. The number of sulfonamides is 2. The molecule has 0 saturated heterocycles. The van der Waals surface area contributed by atoms with Crippen LogP contribution in [0, 0.1) is 12.7 Å². The Morgan fingerprint density at radius 1 is 0.768 bits per heavy atom. The van der Waals surface area contributed by atoms with Crippen LogP contribution in [0.1, 0.15) is 24.6 Å². The Balaban J connectivity index is 0.985. The van der Waals surface area contributed by atoms with Gasteiger partial charge in [-0.15, -0.1) is 0 Å². The average Bonchev–Trinajstić information content (AvgIpc) is 3.51. The molecule has 286 valence electrons. The van der Waals surface area contributed by atoms with Gasteiger partial charge in [-0.3, -0.25) is 9.44 Å². The van der Waals surface area contributed by atoms with E-state index >= 15 is 0 Å². The van der Waals surface area contributed by atoms with Crippen LogP contribution >= 0.6 is 23.2 Å². The molecule has 5 aromatic carbocycles. The molecule has 0 bridgehead atoms. The first-order chi connectivity index (χ1) is 26.7. The molecule has 1 aliphatic heterocycles. The van der Waals surface area contributed by atoms with Crippen LogP contribution in [0.4, 0.5) is 21.5 Å². The van der Waals surface area contributed by atoms with Crippen LogP contribution in [-0.2, 0) is 26.5 Å². The number of anilines is 3. The summed E-state index contributed by atoms with van der Waals surface area (Å²) in [5, 5.41) is 3.62. The lowest BCUT2D eigenvalue weighted by molar-refractivity contribution is 0.599. The van der Waals surface area contributed by atoms with Crippen LogP contribution in [-0.4, -0.2) is 39.1 Å². The lowest BCUT2D eigenvalue weighted by Crippen LogP contribution is -2.24. The number of rotatable bonds is 11. The number of benzene rings is 5. The van der Waals surface area contributed by atoms with Gasteiger partial charge in [0.25, 0.3) is 20.0 Å². The van der Waals surface area contributed by atoms with Gasteiger partial charge in [0.1, 0.15) is 10.7 Å². The summed E-state index contributed by atoms with van der Waals surface area (Å²) in [7, 11) is -7.82. The second kappa shape index (κ2) is 15.9. The first-order valence-corrected chi connectivity index (χ1v) is 21.1. The third-order valence-corrected chi connectivity index (χ3v) is 12.4. The molecule has 7 rings (SSSR count). The number of guanidine groups is 1. The van der Waals surface area contributed by atoms with E-state index in [-0.39, 0.29) is 26.7 Å². The standard InChI is InChI=1S/C41H35Cl2FN6O4S2/c1-26-20-36(22-28-21-27(2)50(25-28)37-17-15-35(16-18-37)49-56(53,54)40-19-8-31(42)24-39(40)43)47-41(45-26)46-33-11-13-34(14-12-33)48-55(51,52)38-5-3-4-30(23-38)29-6-9-32(44)10-7-29/h3-19,21,23-26,48-49H,20,22H2,1-2H3,(H,45,46). The zero-order valence-electron chi connectivity index (χ0n) is 30.0. The fraction of sp³-hybridized carbons (Fsp3) is 0.122. The van der Waals surface area contributed by atoms with Crippen molar-refractivity contribution in [2.45, 2.75) is 42.5 Å². The highest BCUT2D eigenvalue weighted by molar-refractivity contribution is 7.93. The molecule has 0 aliphatic carbocycles. The van der Waals surface area contributed by atoms with Gasteiger partial charge in [0.05, 0.1) is 16.0 Å². The number of nitrogens with zero attached hydrogens (tertiary/aromatic N) is 3. The highest BCUT2D eigenvalue weighted by Gasteiger charge is 2.20. The number of aryl methyl sites for hydroxylation is 1. The predicted octanol–water partition coefficient (Wildman–Crippen LogP) is 9.74. The second-order valence-electron chi connectivity index (χ2n) is 13.3. The normalized spacial score (nSPS) is 14.5. The Labute approximate surface area is 334 Å². The molecule has 6 aromatic rings. The summed E-state index contributed by atoms with van der Waals surface area (Å²) in [4.78, 5) is 9.50. The zero-order valence-corrected chi connectivity index (χ0v) is 33.2. The predicted molar refractivity (Wildman–Crippen MR) is 223 cm³/mol. The van der Waals surface area contributed by atoms with Gasteiger partial charge in [-0.2, -0.15) is 0 Å². The summed E-state index contributed by atoms with van der Waals surface area (Å²) in [6, 6.07) is 32.5. The quantitative estimate of drug-likeness (QED) is 0.120. The highest BCUT2D eigenvalue weighted by atomic mass is 35.5. The van der Waals surface area contributed by atoms with Crippen LogP contribution in [0.2, 0.25) is 10.0 Å². The van der Waals surface area contributed by atoms with Crippen LogP contribution in [0.3, 0.4) is 0 Å². The van der Waals surface area contributed by atoms with Crippen molar-refractivity contribution in [3.63, 3.8) is 0 Å². The summed E-state index contributed by atoms with van der Waals surface area (Å²) in [6.07, 6.45) is 3.32. The third-order valence-electron chi connectivity index (χ3n) is 8.91. The number of nitrogens with one attached hydrogen (secondary N) is 3. The molecule has 0 fully saturated rings. The fourth-order valence-electron chi connectivity index (χ4n) is 6.29. The Morgan fingerprint density at radius 2 is 1.43 bits per heavy atom. The summed E-state index contributed by atoms with van der Waals surface area (Å²) >= 11 is 12.1. The summed E-state index contributed by atoms with van der Waals surface area (Å²) in [6.45, 7) is 4.02. The molecule has 1 aromatic heterocycles. The number of aliphatic imine (C=N–C) groups is 2. The molecule has 3 N–H and O–H groups in total. The summed E-state index contributed by atoms with van der Waals surface area (Å²) < 4.78 is 73.0. The van der Waals surface area contributed by atoms with Crippen molar-refractivity contribution in [2.24, 2.45) is 9.98 Å². The van der Waals surface area contributed by atoms with Crippen molar-refractivity contribution in [1.82, 2.24) is 4.57 Å². The number of halogens is 3. The van der Waals surface area contributed by atoms with E-state index in [1.807, 2.05) is 36.7 Å². The molecule has 10 nitrogen and oxygen atoms in total. The maximum atomic E-state index is 13.4. The van der Waals surface area contributed by atoms with E-state index in [1.165, 1.54) is 36.4 Å². The fourth-order valence-corrected chi connectivity index (χ4v) is 9.22. The van der Waals surface area contributed by atoms with Crippen LogP contribution < -0.4 is 14.8 Å². The molecule has 1 aliphatic rings. The minimum Gasteiger partial charge on any atom is -0.324 e. The Kier molecular flexibility index (Phi) is 11.0. The Hall–Kier alpha value is -5.47. The number of hydrogen-bond acceptors (Lipinski definition) is 7. The van der Waals surface area contributed by atoms with E-state index in [4.69, 9.17) is 28.2 Å². The second-order valence-corrected chi connectivity index (χ2v) is 17.5. The van der Waals surface area contributed by atoms with Crippen molar-refractivity contribution in [2.75, 3.05) is 14.8 Å². The highest BCUT2D eigenvalue weighted by Crippen LogP contribution is 2.29. The Morgan fingerprint density at radius 3 is 2.12 bits per heavy atom. The average molecular weight is 830 g/mol. The minimum absolute atomic E-state index is 0.0102. The maximum absolute atomic E-state index is 13.4. The van der Waals surface area contributed by atoms with E-state index in [0.717, 1.165) is 22.7 Å². The van der Waals surface area contributed by atoms with Gasteiger partial charge < -0.3 is 9.88 Å². The van der Waals surface area contributed by atoms with Crippen molar-refractivity contribution in [1.29, 1.82) is 0 Å². The van der Waals surface area contributed by atoms with Gasteiger partial charge in [-0.05, 0) is 128 Å². The number of aromatic nitrogens is 1. The van der Waals surface area contributed by atoms with E-state index in [1.54, 1.807) is 66.7 Å². The molecule has 0 radical (unpaired) electrons. The lowest BCUT2D eigenvalue weighted by atomic mass is 10.0. The molecule has 0 spiro atoms. The molecule has 0 saturated carbocycles. The monoisotopic (exact) mass is 828 g/mol. The Bertz CT molecular complexity index is 2700. The smallest absolute Gasteiger partial charge is 0.263 e. The van der Waals surface area contributed by atoms with Crippen molar-refractivity contribution < 1.29 is 21.2 Å². The van der Waals surface area contributed by atoms with Gasteiger partial charge >= 0.3 is 0 Å². The van der Waals surface area contributed by atoms with E-state index < -0.39 is 20.0 Å². The molecule has 2 heterocycles. The van der Waals surface area contributed by atoms with Gasteiger partial charge in [0, 0.05) is 58.2 Å². The third kappa shape index (κ3) is 9.14. The SMILES string of the molecule is Cc1cc(CC2=NC(Nc3ccc(NS(=O)(=O)c4cccc(-c5ccc(F)cc5)c4)cc3)=NC(C)C2)cn1-c1ccc(NS(=O)(=O)c2ccc(Cl)cc2Cl)cc1. The lowest BCUT2D eigenvalue weighted by Gasteiger charge is -2.18.